The number of carbonyl (C=O) groups is 1. The van der Waals surface area contributed by atoms with Gasteiger partial charge in [0.15, 0.2) is 0 Å². The first-order valence-corrected chi connectivity index (χ1v) is 6.98. The fourth-order valence-corrected chi connectivity index (χ4v) is 3.52. The Morgan fingerprint density at radius 2 is 2.18 bits per heavy atom. The van der Waals surface area contributed by atoms with Crippen molar-refractivity contribution in [2.45, 2.75) is 38.1 Å². The van der Waals surface area contributed by atoms with Gasteiger partial charge in [-0.05, 0) is 52.7 Å². The van der Waals surface area contributed by atoms with Crippen LogP contribution in [0.1, 0.15) is 42.9 Å². The second-order valence-electron chi connectivity index (χ2n) is 4.79. The third-order valence-corrected chi connectivity index (χ3v) is 4.47. The first-order valence-electron chi connectivity index (χ1n) is 6.19. The Balaban J connectivity index is 1.99. The summed E-state index contributed by atoms with van der Waals surface area (Å²) < 4.78 is 1.09. The van der Waals surface area contributed by atoms with E-state index in [0.717, 1.165) is 36.7 Å². The molecule has 2 aliphatic rings. The van der Waals surface area contributed by atoms with Crippen LogP contribution in [0, 0.1) is 0 Å². The SMILES string of the molecule is O=C1CCCN1C1CCCc2c(Br)cncc21. The molecule has 0 saturated carbocycles. The van der Waals surface area contributed by atoms with Crippen molar-refractivity contribution >= 4 is 21.8 Å². The van der Waals surface area contributed by atoms with Crippen LogP contribution < -0.4 is 0 Å². The van der Waals surface area contributed by atoms with Gasteiger partial charge in [0.2, 0.25) is 5.91 Å². The molecule has 1 aromatic rings. The van der Waals surface area contributed by atoms with Gasteiger partial charge in [0.05, 0.1) is 6.04 Å². The summed E-state index contributed by atoms with van der Waals surface area (Å²) in [5, 5.41) is 0. The van der Waals surface area contributed by atoms with Crippen molar-refractivity contribution in [1.82, 2.24) is 9.88 Å². The number of aromatic nitrogens is 1. The number of nitrogens with zero attached hydrogens (tertiary/aromatic N) is 2. The number of rotatable bonds is 1. The second kappa shape index (κ2) is 4.41. The highest BCUT2D eigenvalue weighted by molar-refractivity contribution is 9.10. The van der Waals surface area contributed by atoms with E-state index in [1.54, 1.807) is 0 Å². The van der Waals surface area contributed by atoms with E-state index in [-0.39, 0.29) is 6.04 Å². The van der Waals surface area contributed by atoms with E-state index < -0.39 is 0 Å². The number of hydrogen-bond acceptors (Lipinski definition) is 2. The highest BCUT2D eigenvalue weighted by Crippen LogP contribution is 2.38. The van der Waals surface area contributed by atoms with Gasteiger partial charge in [0.25, 0.3) is 0 Å². The Bertz CT molecular complexity index is 461. The highest BCUT2D eigenvalue weighted by atomic mass is 79.9. The molecule has 0 bridgehead atoms. The van der Waals surface area contributed by atoms with Crippen molar-refractivity contribution in [3.63, 3.8) is 0 Å². The third kappa shape index (κ3) is 1.88. The summed E-state index contributed by atoms with van der Waals surface area (Å²) >= 11 is 3.57. The van der Waals surface area contributed by atoms with Gasteiger partial charge in [-0.1, -0.05) is 0 Å². The number of hydrogen-bond donors (Lipinski definition) is 0. The lowest BCUT2D eigenvalue weighted by Gasteiger charge is -2.33. The smallest absolute Gasteiger partial charge is 0.223 e. The minimum Gasteiger partial charge on any atom is -0.336 e. The van der Waals surface area contributed by atoms with Crippen LogP contribution in [0.2, 0.25) is 0 Å². The monoisotopic (exact) mass is 294 g/mol. The number of pyridine rings is 1. The van der Waals surface area contributed by atoms with E-state index in [2.05, 4.69) is 20.9 Å². The van der Waals surface area contributed by atoms with Crippen LogP contribution in [-0.2, 0) is 11.2 Å². The Labute approximate surface area is 109 Å². The molecule has 1 unspecified atom stereocenters. The van der Waals surface area contributed by atoms with E-state index in [1.165, 1.54) is 11.1 Å². The van der Waals surface area contributed by atoms with Crippen molar-refractivity contribution in [3.8, 4) is 0 Å². The van der Waals surface area contributed by atoms with E-state index >= 15 is 0 Å². The van der Waals surface area contributed by atoms with Crippen molar-refractivity contribution in [2.24, 2.45) is 0 Å². The summed E-state index contributed by atoms with van der Waals surface area (Å²) in [4.78, 5) is 18.2. The molecule has 0 radical (unpaired) electrons. The summed E-state index contributed by atoms with van der Waals surface area (Å²) in [6.07, 6.45) is 8.85. The predicted molar refractivity (Wildman–Crippen MR) is 68.6 cm³/mol. The molecule has 1 atom stereocenters. The molecule has 17 heavy (non-hydrogen) atoms. The van der Waals surface area contributed by atoms with Crippen LogP contribution in [0.15, 0.2) is 16.9 Å². The minimum atomic E-state index is 0.263. The minimum absolute atomic E-state index is 0.263. The Kier molecular flexibility index (Phi) is 2.90. The lowest BCUT2D eigenvalue weighted by Crippen LogP contribution is -2.32. The van der Waals surface area contributed by atoms with E-state index in [4.69, 9.17) is 0 Å². The second-order valence-corrected chi connectivity index (χ2v) is 5.64. The van der Waals surface area contributed by atoms with Crippen LogP contribution in [0.5, 0.6) is 0 Å². The number of carbonyl (C=O) groups excluding carboxylic acids is 1. The molecule has 1 fully saturated rings. The zero-order valence-corrected chi connectivity index (χ0v) is 11.2. The molecule has 3 rings (SSSR count). The summed E-state index contributed by atoms with van der Waals surface area (Å²) in [5.41, 5.74) is 2.59. The van der Waals surface area contributed by atoms with E-state index in [1.807, 2.05) is 17.3 Å². The molecule has 1 aliphatic carbocycles. The molecular formula is C13H15BrN2O. The van der Waals surface area contributed by atoms with Crippen molar-refractivity contribution in [3.05, 3.63) is 28.0 Å². The zero-order chi connectivity index (χ0) is 11.8. The third-order valence-electron chi connectivity index (χ3n) is 3.79. The van der Waals surface area contributed by atoms with Crippen LogP contribution in [0.3, 0.4) is 0 Å². The quantitative estimate of drug-likeness (QED) is 0.798. The molecule has 1 amide bonds. The van der Waals surface area contributed by atoms with Gasteiger partial charge >= 0.3 is 0 Å². The average molecular weight is 295 g/mol. The molecule has 0 spiro atoms. The van der Waals surface area contributed by atoms with Gasteiger partial charge in [-0.25, -0.2) is 0 Å². The summed E-state index contributed by atoms with van der Waals surface area (Å²) in [5.74, 6) is 0.308. The van der Waals surface area contributed by atoms with Crippen molar-refractivity contribution < 1.29 is 4.79 Å². The maximum atomic E-state index is 11.9. The van der Waals surface area contributed by atoms with Gasteiger partial charge in [-0.3, -0.25) is 9.78 Å². The molecule has 0 N–H and O–H groups in total. The zero-order valence-electron chi connectivity index (χ0n) is 9.66. The number of amides is 1. The molecular weight excluding hydrogens is 280 g/mol. The predicted octanol–water partition coefficient (Wildman–Crippen LogP) is 2.84. The number of halogens is 1. The van der Waals surface area contributed by atoms with Crippen LogP contribution in [0.25, 0.3) is 0 Å². The fraction of sp³-hybridized carbons (Fsp3) is 0.538. The lowest BCUT2D eigenvalue weighted by atomic mass is 9.88. The molecule has 1 aromatic heterocycles. The molecule has 4 heteroatoms. The average Bonchev–Trinajstić information content (AvgIpc) is 2.75. The van der Waals surface area contributed by atoms with Gasteiger partial charge < -0.3 is 4.90 Å². The normalized spacial score (nSPS) is 23.9. The van der Waals surface area contributed by atoms with Gasteiger partial charge in [-0.15, -0.1) is 0 Å². The van der Waals surface area contributed by atoms with Crippen molar-refractivity contribution in [2.75, 3.05) is 6.54 Å². The maximum Gasteiger partial charge on any atom is 0.223 e. The first kappa shape index (κ1) is 11.2. The molecule has 3 nitrogen and oxygen atoms in total. The Hall–Kier alpha value is -0.900. The summed E-state index contributed by atoms with van der Waals surface area (Å²) in [7, 11) is 0. The van der Waals surface area contributed by atoms with Gasteiger partial charge in [0.1, 0.15) is 0 Å². The van der Waals surface area contributed by atoms with E-state index in [0.29, 0.717) is 12.3 Å². The van der Waals surface area contributed by atoms with Gasteiger partial charge in [0, 0.05) is 29.8 Å². The standard InChI is InChI=1S/C13H15BrN2O/c14-11-8-15-7-10-9(11)3-1-4-12(10)16-6-2-5-13(16)17/h7-8,12H,1-6H2. The van der Waals surface area contributed by atoms with E-state index in [9.17, 15) is 4.79 Å². The largest absolute Gasteiger partial charge is 0.336 e. The Morgan fingerprint density at radius 1 is 1.29 bits per heavy atom. The molecule has 90 valence electrons. The molecule has 1 aliphatic heterocycles. The summed E-state index contributed by atoms with van der Waals surface area (Å²) in [6, 6.07) is 0.263. The molecule has 1 saturated heterocycles. The number of likely N-dealkylation sites (tertiary alicyclic amines) is 1. The number of fused-ring (bicyclic) bond motifs is 1. The first-order chi connectivity index (χ1) is 8.27. The van der Waals surface area contributed by atoms with Crippen molar-refractivity contribution in [1.29, 1.82) is 0 Å². The van der Waals surface area contributed by atoms with Crippen LogP contribution in [-0.4, -0.2) is 22.3 Å². The summed E-state index contributed by atoms with van der Waals surface area (Å²) in [6.45, 7) is 0.912. The Morgan fingerprint density at radius 3 is 2.94 bits per heavy atom. The molecule has 2 heterocycles. The van der Waals surface area contributed by atoms with Crippen LogP contribution in [0.4, 0.5) is 0 Å². The lowest BCUT2D eigenvalue weighted by molar-refractivity contribution is -0.130. The highest BCUT2D eigenvalue weighted by Gasteiger charge is 2.32. The molecule has 0 aromatic carbocycles. The van der Waals surface area contributed by atoms with Crippen LogP contribution >= 0.6 is 15.9 Å². The maximum absolute atomic E-state index is 11.9. The fourth-order valence-electron chi connectivity index (χ4n) is 2.98. The topological polar surface area (TPSA) is 33.2 Å². The van der Waals surface area contributed by atoms with Gasteiger partial charge in [-0.2, -0.15) is 0 Å².